The first-order valence-electron chi connectivity index (χ1n) is 7.61. The molecule has 0 aromatic heterocycles. The molecule has 2 heterocycles. The number of rotatable bonds is 2. The van der Waals surface area contributed by atoms with Crippen LogP contribution in [-0.4, -0.2) is 30.1 Å². The summed E-state index contributed by atoms with van der Waals surface area (Å²) in [5.74, 6) is 0. The van der Waals surface area contributed by atoms with Crippen molar-refractivity contribution >= 4 is 5.69 Å². The van der Waals surface area contributed by atoms with Gasteiger partial charge in [-0.3, -0.25) is 0 Å². The Bertz CT molecular complexity index is 443. The van der Waals surface area contributed by atoms with Crippen molar-refractivity contribution in [3.05, 3.63) is 28.8 Å². The standard InChI is InChI=1S/C17H26N2/c1-11-7-12(2)17(13(3)8-11)18-14-9-15-5-6-16(10-14)19(15)4/h7-8,14-16,18H,5-6,9-10H2,1-4H3. The molecule has 2 bridgehead atoms. The zero-order chi connectivity index (χ0) is 13.6. The van der Waals surface area contributed by atoms with E-state index in [1.54, 1.807) is 0 Å². The number of piperidine rings is 1. The van der Waals surface area contributed by atoms with Crippen molar-refractivity contribution in [1.82, 2.24) is 4.90 Å². The van der Waals surface area contributed by atoms with Gasteiger partial charge < -0.3 is 10.2 Å². The van der Waals surface area contributed by atoms with E-state index in [9.17, 15) is 0 Å². The summed E-state index contributed by atoms with van der Waals surface area (Å²) in [4.78, 5) is 2.60. The molecule has 3 rings (SSSR count). The Balaban J connectivity index is 1.76. The maximum absolute atomic E-state index is 3.84. The van der Waals surface area contributed by atoms with Gasteiger partial charge in [0.25, 0.3) is 0 Å². The van der Waals surface area contributed by atoms with Crippen LogP contribution in [0.3, 0.4) is 0 Å². The summed E-state index contributed by atoms with van der Waals surface area (Å²) >= 11 is 0. The number of nitrogens with zero attached hydrogens (tertiary/aromatic N) is 1. The van der Waals surface area contributed by atoms with E-state index >= 15 is 0 Å². The second kappa shape index (κ2) is 4.82. The molecule has 2 aliphatic rings. The fourth-order valence-electron chi connectivity index (χ4n) is 4.14. The molecule has 19 heavy (non-hydrogen) atoms. The molecule has 0 saturated carbocycles. The van der Waals surface area contributed by atoms with Crippen LogP contribution in [0.15, 0.2) is 12.1 Å². The van der Waals surface area contributed by atoms with E-state index in [-0.39, 0.29) is 0 Å². The summed E-state index contributed by atoms with van der Waals surface area (Å²) in [5, 5.41) is 3.84. The van der Waals surface area contributed by atoms with Crippen LogP contribution in [0.4, 0.5) is 5.69 Å². The Hall–Kier alpha value is -1.02. The summed E-state index contributed by atoms with van der Waals surface area (Å²) in [5.41, 5.74) is 5.52. The van der Waals surface area contributed by atoms with E-state index in [0.717, 1.165) is 12.1 Å². The lowest BCUT2D eigenvalue weighted by atomic mass is 9.96. The lowest BCUT2D eigenvalue weighted by Gasteiger charge is -2.37. The number of anilines is 1. The van der Waals surface area contributed by atoms with Crippen molar-refractivity contribution < 1.29 is 0 Å². The number of nitrogens with one attached hydrogen (secondary N) is 1. The Morgan fingerprint density at radius 1 is 1.00 bits per heavy atom. The van der Waals surface area contributed by atoms with Gasteiger partial charge in [0.15, 0.2) is 0 Å². The molecule has 2 unspecified atom stereocenters. The molecule has 0 spiro atoms. The van der Waals surface area contributed by atoms with Crippen LogP contribution in [0.1, 0.15) is 42.4 Å². The Morgan fingerprint density at radius 3 is 2.05 bits per heavy atom. The maximum Gasteiger partial charge on any atom is 0.0401 e. The first-order chi connectivity index (χ1) is 9.04. The lowest BCUT2D eigenvalue weighted by molar-refractivity contribution is 0.169. The Labute approximate surface area is 117 Å². The Morgan fingerprint density at radius 2 is 1.53 bits per heavy atom. The quantitative estimate of drug-likeness (QED) is 0.871. The average molecular weight is 258 g/mol. The van der Waals surface area contributed by atoms with Gasteiger partial charge in [-0.05, 0) is 64.6 Å². The highest BCUT2D eigenvalue weighted by Gasteiger charge is 2.38. The molecule has 0 radical (unpaired) electrons. The number of benzene rings is 1. The fraction of sp³-hybridized carbons (Fsp3) is 0.647. The van der Waals surface area contributed by atoms with Crippen molar-refractivity contribution in [3.8, 4) is 0 Å². The van der Waals surface area contributed by atoms with Crippen LogP contribution in [0.2, 0.25) is 0 Å². The highest BCUT2D eigenvalue weighted by Crippen LogP contribution is 2.36. The molecule has 104 valence electrons. The molecule has 2 atom stereocenters. The summed E-state index contributed by atoms with van der Waals surface area (Å²) in [6, 6.07) is 6.86. The molecule has 1 N–H and O–H groups in total. The first kappa shape index (κ1) is 13.0. The highest BCUT2D eigenvalue weighted by atomic mass is 15.2. The van der Waals surface area contributed by atoms with Crippen LogP contribution in [-0.2, 0) is 0 Å². The molecule has 0 amide bonds. The van der Waals surface area contributed by atoms with E-state index < -0.39 is 0 Å². The predicted molar refractivity (Wildman–Crippen MR) is 81.9 cm³/mol. The normalized spacial score (nSPS) is 30.6. The van der Waals surface area contributed by atoms with Crippen LogP contribution in [0.5, 0.6) is 0 Å². The molecule has 0 aliphatic carbocycles. The zero-order valence-corrected chi connectivity index (χ0v) is 12.7. The molecule has 2 fully saturated rings. The van der Waals surface area contributed by atoms with Gasteiger partial charge in [0.2, 0.25) is 0 Å². The summed E-state index contributed by atoms with van der Waals surface area (Å²) < 4.78 is 0. The van der Waals surface area contributed by atoms with Crippen LogP contribution < -0.4 is 5.32 Å². The summed E-state index contributed by atoms with van der Waals surface area (Å²) in [6.07, 6.45) is 5.40. The van der Waals surface area contributed by atoms with Crippen molar-refractivity contribution in [2.75, 3.05) is 12.4 Å². The van der Waals surface area contributed by atoms with E-state index in [4.69, 9.17) is 0 Å². The molecule has 1 aromatic rings. The van der Waals surface area contributed by atoms with Gasteiger partial charge in [-0.1, -0.05) is 17.7 Å². The summed E-state index contributed by atoms with van der Waals surface area (Å²) in [7, 11) is 2.31. The molecule has 1 aromatic carbocycles. The van der Waals surface area contributed by atoms with Crippen molar-refractivity contribution in [2.45, 2.75) is 64.6 Å². The van der Waals surface area contributed by atoms with Gasteiger partial charge in [-0.25, -0.2) is 0 Å². The maximum atomic E-state index is 3.84. The van der Waals surface area contributed by atoms with Crippen molar-refractivity contribution in [1.29, 1.82) is 0 Å². The minimum Gasteiger partial charge on any atom is -0.382 e. The largest absolute Gasteiger partial charge is 0.382 e. The smallest absolute Gasteiger partial charge is 0.0401 e. The average Bonchev–Trinajstić information content (AvgIpc) is 2.58. The Kier molecular flexibility index (Phi) is 3.30. The van der Waals surface area contributed by atoms with Gasteiger partial charge in [0.05, 0.1) is 0 Å². The second-order valence-electron chi connectivity index (χ2n) is 6.64. The van der Waals surface area contributed by atoms with E-state index in [1.807, 2.05) is 0 Å². The molecule has 2 aliphatic heterocycles. The number of fused-ring (bicyclic) bond motifs is 2. The predicted octanol–water partition coefficient (Wildman–Crippen LogP) is 3.65. The monoisotopic (exact) mass is 258 g/mol. The van der Waals surface area contributed by atoms with Gasteiger partial charge in [-0.2, -0.15) is 0 Å². The number of hydrogen-bond acceptors (Lipinski definition) is 2. The zero-order valence-electron chi connectivity index (χ0n) is 12.7. The van der Waals surface area contributed by atoms with Gasteiger partial charge in [-0.15, -0.1) is 0 Å². The highest BCUT2D eigenvalue weighted by molar-refractivity contribution is 5.58. The van der Waals surface area contributed by atoms with Crippen molar-refractivity contribution in [3.63, 3.8) is 0 Å². The SMILES string of the molecule is Cc1cc(C)c(NC2CC3CCC(C2)N3C)c(C)c1. The van der Waals surface area contributed by atoms with E-state index in [1.165, 1.54) is 48.1 Å². The molecular weight excluding hydrogens is 232 g/mol. The first-order valence-corrected chi connectivity index (χ1v) is 7.61. The van der Waals surface area contributed by atoms with E-state index in [2.05, 4.69) is 50.2 Å². The van der Waals surface area contributed by atoms with Crippen LogP contribution in [0, 0.1) is 20.8 Å². The topological polar surface area (TPSA) is 15.3 Å². The van der Waals surface area contributed by atoms with Gasteiger partial charge >= 0.3 is 0 Å². The van der Waals surface area contributed by atoms with Crippen molar-refractivity contribution in [2.24, 2.45) is 0 Å². The third kappa shape index (κ3) is 2.38. The molecule has 2 nitrogen and oxygen atoms in total. The number of hydrogen-bond donors (Lipinski definition) is 1. The molecule has 2 saturated heterocycles. The third-order valence-electron chi connectivity index (χ3n) is 5.12. The minimum atomic E-state index is 0.661. The molecule has 2 heteroatoms. The minimum absolute atomic E-state index is 0.661. The summed E-state index contributed by atoms with van der Waals surface area (Å²) in [6.45, 7) is 6.64. The third-order valence-corrected chi connectivity index (χ3v) is 5.12. The van der Waals surface area contributed by atoms with Gasteiger partial charge in [0, 0.05) is 23.8 Å². The fourth-order valence-corrected chi connectivity index (χ4v) is 4.14. The van der Waals surface area contributed by atoms with Crippen LogP contribution in [0.25, 0.3) is 0 Å². The lowest BCUT2D eigenvalue weighted by Crippen LogP contribution is -2.44. The number of aryl methyl sites for hydroxylation is 3. The van der Waals surface area contributed by atoms with Gasteiger partial charge in [0.1, 0.15) is 0 Å². The molecular formula is C17H26N2. The second-order valence-corrected chi connectivity index (χ2v) is 6.64. The van der Waals surface area contributed by atoms with Crippen LogP contribution >= 0.6 is 0 Å². The van der Waals surface area contributed by atoms with E-state index in [0.29, 0.717) is 6.04 Å².